The number of nitrogens with zero attached hydrogens (tertiary/aromatic N) is 6. The van der Waals surface area contributed by atoms with Crippen LogP contribution in [0.4, 0.5) is 0 Å². The maximum Gasteiger partial charge on any atom is 0.254 e. The Balaban J connectivity index is 1.20. The van der Waals surface area contributed by atoms with Crippen molar-refractivity contribution in [1.82, 2.24) is 30.0 Å². The molecular weight excluding hydrogens is 336 g/mol. The fraction of sp³-hybridized carbons (Fsp3) is 0.529. The molecule has 0 atom stereocenters. The van der Waals surface area contributed by atoms with E-state index in [-0.39, 0.29) is 12.7 Å². The van der Waals surface area contributed by atoms with Crippen LogP contribution in [0.2, 0.25) is 0 Å². The topological polar surface area (TPSA) is 85.6 Å². The third-order valence-electron chi connectivity index (χ3n) is 5.10. The van der Waals surface area contributed by atoms with Crippen molar-refractivity contribution in [2.45, 2.75) is 25.4 Å². The molecule has 1 aromatic heterocycles. The molecule has 2 aliphatic heterocycles. The average molecular weight is 356 g/mol. The second-order valence-electron chi connectivity index (χ2n) is 6.91. The minimum absolute atomic E-state index is 0.0331. The predicted octanol–water partition coefficient (Wildman–Crippen LogP) is 0.695. The van der Waals surface area contributed by atoms with Crippen molar-refractivity contribution in [3.63, 3.8) is 0 Å². The standard InChI is InChI=1S/C17H20N6O3/c24-17(12-1-4-14-15(9-12)26-11-25-14)22-7-5-21(6-8-22)10-16-18-19-20-23(16)13-2-3-13/h1,4,9,13H,2-3,5-8,10-11H2. The van der Waals surface area contributed by atoms with Crippen LogP contribution in [0.25, 0.3) is 0 Å². The molecular formula is C17H20N6O3. The number of amides is 1. The highest BCUT2D eigenvalue weighted by atomic mass is 16.7. The second kappa shape index (κ2) is 6.24. The van der Waals surface area contributed by atoms with E-state index in [9.17, 15) is 4.79 Å². The molecule has 9 heteroatoms. The molecule has 1 saturated heterocycles. The number of ether oxygens (including phenoxy) is 2. The van der Waals surface area contributed by atoms with Crippen molar-refractivity contribution in [3.05, 3.63) is 29.6 Å². The molecule has 5 rings (SSSR count). The molecule has 0 unspecified atom stereocenters. The van der Waals surface area contributed by atoms with Crippen molar-refractivity contribution in [1.29, 1.82) is 0 Å². The van der Waals surface area contributed by atoms with Crippen LogP contribution in [-0.2, 0) is 6.54 Å². The van der Waals surface area contributed by atoms with E-state index >= 15 is 0 Å². The average Bonchev–Trinajstić information content (AvgIpc) is 3.23. The van der Waals surface area contributed by atoms with Gasteiger partial charge in [0.1, 0.15) is 0 Å². The Morgan fingerprint density at radius 2 is 1.92 bits per heavy atom. The van der Waals surface area contributed by atoms with Gasteiger partial charge in [0.15, 0.2) is 17.3 Å². The van der Waals surface area contributed by atoms with Crippen molar-refractivity contribution in [2.75, 3.05) is 33.0 Å². The number of benzene rings is 1. The van der Waals surface area contributed by atoms with E-state index in [0.717, 1.165) is 38.3 Å². The second-order valence-corrected chi connectivity index (χ2v) is 6.91. The summed E-state index contributed by atoms with van der Waals surface area (Å²) in [6.45, 7) is 3.96. The molecule has 3 aliphatic rings. The number of hydrogen-bond acceptors (Lipinski definition) is 7. The van der Waals surface area contributed by atoms with Crippen LogP contribution < -0.4 is 9.47 Å². The quantitative estimate of drug-likeness (QED) is 0.797. The van der Waals surface area contributed by atoms with Gasteiger partial charge in [-0.25, -0.2) is 4.68 Å². The smallest absolute Gasteiger partial charge is 0.254 e. The summed E-state index contributed by atoms with van der Waals surface area (Å²) in [5, 5.41) is 12.1. The maximum absolute atomic E-state index is 12.7. The van der Waals surface area contributed by atoms with E-state index in [2.05, 4.69) is 20.4 Å². The monoisotopic (exact) mass is 356 g/mol. The van der Waals surface area contributed by atoms with Gasteiger partial charge in [0.25, 0.3) is 5.91 Å². The highest BCUT2D eigenvalue weighted by molar-refractivity contribution is 5.95. The minimum Gasteiger partial charge on any atom is -0.454 e. The number of rotatable bonds is 4. The molecule has 26 heavy (non-hydrogen) atoms. The maximum atomic E-state index is 12.7. The summed E-state index contributed by atoms with van der Waals surface area (Å²) in [5.74, 6) is 2.29. The third kappa shape index (κ3) is 2.88. The largest absolute Gasteiger partial charge is 0.454 e. The van der Waals surface area contributed by atoms with Crippen molar-refractivity contribution in [3.8, 4) is 11.5 Å². The first-order valence-corrected chi connectivity index (χ1v) is 8.96. The lowest BCUT2D eigenvalue weighted by atomic mass is 10.1. The SMILES string of the molecule is O=C(c1ccc2c(c1)OCO2)N1CCN(Cc2nnnn2C2CC2)CC1. The van der Waals surface area contributed by atoms with E-state index in [1.165, 1.54) is 0 Å². The zero-order valence-electron chi connectivity index (χ0n) is 14.4. The fourth-order valence-electron chi connectivity index (χ4n) is 3.44. The Morgan fingerprint density at radius 1 is 1.12 bits per heavy atom. The van der Waals surface area contributed by atoms with Crippen LogP contribution >= 0.6 is 0 Å². The molecule has 0 N–H and O–H groups in total. The normalized spacial score (nSPS) is 19.8. The predicted molar refractivity (Wildman–Crippen MR) is 89.8 cm³/mol. The zero-order chi connectivity index (χ0) is 17.5. The summed E-state index contributed by atoms with van der Waals surface area (Å²) in [6, 6.07) is 5.84. The van der Waals surface area contributed by atoms with Gasteiger partial charge in [-0.1, -0.05) is 0 Å². The first-order chi connectivity index (χ1) is 12.8. The minimum atomic E-state index is 0.0331. The van der Waals surface area contributed by atoms with E-state index in [4.69, 9.17) is 9.47 Å². The molecule has 1 aliphatic carbocycles. The molecule has 2 aromatic rings. The van der Waals surface area contributed by atoms with E-state index in [1.807, 2.05) is 9.58 Å². The lowest BCUT2D eigenvalue weighted by molar-refractivity contribution is 0.0623. The van der Waals surface area contributed by atoms with Crippen molar-refractivity contribution >= 4 is 5.91 Å². The van der Waals surface area contributed by atoms with Crippen molar-refractivity contribution in [2.24, 2.45) is 0 Å². The number of piperazine rings is 1. The molecule has 1 amide bonds. The number of carbonyl (C=O) groups excluding carboxylic acids is 1. The first-order valence-electron chi connectivity index (χ1n) is 8.96. The molecule has 2 fully saturated rings. The Kier molecular flexibility index (Phi) is 3.74. The van der Waals surface area contributed by atoms with Crippen LogP contribution in [0.3, 0.4) is 0 Å². The van der Waals surface area contributed by atoms with Gasteiger partial charge >= 0.3 is 0 Å². The molecule has 3 heterocycles. The van der Waals surface area contributed by atoms with Crippen molar-refractivity contribution < 1.29 is 14.3 Å². The molecule has 0 radical (unpaired) electrons. The third-order valence-corrected chi connectivity index (χ3v) is 5.10. The molecule has 9 nitrogen and oxygen atoms in total. The van der Waals surface area contributed by atoms with Gasteiger partial charge in [0.05, 0.1) is 12.6 Å². The Bertz CT molecular complexity index is 826. The van der Waals surface area contributed by atoms with Crippen LogP contribution in [0.15, 0.2) is 18.2 Å². The van der Waals surface area contributed by atoms with Crippen LogP contribution in [-0.4, -0.2) is 68.9 Å². The van der Waals surface area contributed by atoms with Crippen LogP contribution in [0.1, 0.15) is 35.1 Å². The van der Waals surface area contributed by atoms with E-state index < -0.39 is 0 Å². The van der Waals surface area contributed by atoms with Gasteiger partial charge in [-0.2, -0.15) is 0 Å². The highest BCUT2D eigenvalue weighted by Gasteiger charge is 2.29. The Labute approximate surface area is 150 Å². The number of carbonyl (C=O) groups is 1. The summed E-state index contributed by atoms with van der Waals surface area (Å²) in [4.78, 5) is 16.9. The van der Waals surface area contributed by atoms with Crippen LogP contribution in [0, 0.1) is 0 Å². The number of tetrazole rings is 1. The Morgan fingerprint density at radius 3 is 2.73 bits per heavy atom. The lowest BCUT2D eigenvalue weighted by Crippen LogP contribution is -2.48. The summed E-state index contributed by atoms with van der Waals surface area (Å²) in [7, 11) is 0. The fourth-order valence-corrected chi connectivity index (χ4v) is 3.44. The molecule has 136 valence electrons. The summed E-state index contributed by atoms with van der Waals surface area (Å²) in [6.07, 6.45) is 2.33. The summed E-state index contributed by atoms with van der Waals surface area (Å²) < 4.78 is 12.6. The summed E-state index contributed by atoms with van der Waals surface area (Å²) in [5.41, 5.74) is 0.639. The number of hydrogen-bond donors (Lipinski definition) is 0. The molecule has 0 spiro atoms. The number of aromatic nitrogens is 4. The lowest BCUT2D eigenvalue weighted by Gasteiger charge is -2.34. The van der Waals surface area contributed by atoms with Gasteiger partial charge in [-0.3, -0.25) is 9.69 Å². The molecule has 1 aromatic carbocycles. The highest BCUT2D eigenvalue weighted by Crippen LogP contribution is 2.35. The zero-order valence-corrected chi connectivity index (χ0v) is 14.4. The van der Waals surface area contributed by atoms with Gasteiger partial charge in [0, 0.05) is 31.7 Å². The van der Waals surface area contributed by atoms with E-state index in [1.54, 1.807) is 18.2 Å². The van der Waals surface area contributed by atoms with Gasteiger partial charge in [-0.15, -0.1) is 5.10 Å². The summed E-state index contributed by atoms with van der Waals surface area (Å²) >= 11 is 0. The van der Waals surface area contributed by atoms with Gasteiger partial charge < -0.3 is 14.4 Å². The number of fused-ring (bicyclic) bond motifs is 1. The Hall–Kier alpha value is -2.68. The van der Waals surface area contributed by atoms with Gasteiger partial charge in [-0.05, 0) is 41.5 Å². The first kappa shape index (κ1) is 15.6. The van der Waals surface area contributed by atoms with Crippen LogP contribution in [0.5, 0.6) is 11.5 Å². The van der Waals surface area contributed by atoms with Gasteiger partial charge in [0.2, 0.25) is 6.79 Å². The molecule has 0 bridgehead atoms. The van der Waals surface area contributed by atoms with E-state index in [0.29, 0.717) is 36.2 Å². The molecule has 1 saturated carbocycles.